The van der Waals surface area contributed by atoms with Crippen LogP contribution < -0.4 is 0 Å². The molecule has 0 aliphatic heterocycles. The predicted molar refractivity (Wildman–Crippen MR) is 61.4 cm³/mol. The highest BCUT2D eigenvalue weighted by molar-refractivity contribution is 5.71. The molecular formula is C14H2F10. The Morgan fingerprint density at radius 2 is 0.458 bits per heavy atom. The molecule has 2 aromatic carbocycles. The third-order valence-corrected chi connectivity index (χ3v) is 2.90. The zero-order valence-electron chi connectivity index (χ0n) is 10.9. The van der Waals surface area contributed by atoms with Crippen LogP contribution in [0, 0.1) is 58.2 Å². The summed E-state index contributed by atoms with van der Waals surface area (Å²) < 4.78 is 131. The fourth-order valence-electron chi connectivity index (χ4n) is 1.70. The van der Waals surface area contributed by atoms with Gasteiger partial charge in [-0.3, -0.25) is 0 Å². The molecule has 10 heteroatoms. The zero-order chi connectivity index (χ0) is 18.3. The van der Waals surface area contributed by atoms with Gasteiger partial charge in [0.2, 0.25) is 11.6 Å². The lowest BCUT2D eigenvalue weighted by Gasteiger charge is -2.06. The summed E-state index contributed by atoms with van der Waals surface area (Å²) in [6, 6.07) is 0. The smallest absolute Gasteiger partial charge is 0.200 e. The van der Waals surface area contributed by atoms with Gasteiger partial charge in [-0.1, -0.05) is 0 Å². The third-order valence-electron chi connectivity index (χ3n) is 2.90. The van der Waals surface area contributed by atoms with Crippen molar-refractivity contribution in [2.24, 2.45) is 0 Å². The molecule has 0 spiro atoms. The molecule has 0 N–H and O–H groups in total. The molecule has 0 saturated carbocycles. The first kappa shape index (κ1) is 17.8. The van der Waals surface area contributed by atoms with Gasteiger partial charge < -0.3 is 0 Å². The van der Waals surface area contributed by atoms with Gasteiger partial charge in [-0.25, -0.2) is 43.9 Å². The van der Waals surface area contributed by atoms with Gasteiger partial charge in [-0.15, -0.1) is 0 Å². The normalized spacial score (nSPS) is 11.6. The van der Waals surface area contributed by atoms with Gasteiger partial charge in [0.05, 0.1) is 11.1 Å². The Labute approximate surface area is 126 Å². The van der Waals surface area contributed by atoms with Crippen molar-refractivity contribution in [2.75, 3.05) is 0 Å². The summed E-state index contributed by atoms with van der Waals surface area (Å²) >= 11 is 0. The van der Waals surface area contributed by atoms with E-state index in [0.29, 0.717) is 0 Å². The summed E-state index contributed by atoms with van der Waals surface area (Å²) in [5, 5.41) is 0. The Bertz CT molecular complexity index is 739. The maximum atomic E-state index is 13.4. The summed E-state index contributed by atoms with van der Waals surface area (Å²) in [6.07, 6.45) is -0.0108. The SMILES string of the molecule is Fc1c(F)c(F)c(/C=C/c2c(F)c(F)c(F)c(F)c2F)c(F)c1F. The predicted octanol–water partition coefficient (Wildman–Crippen LogP) is 5.25. The molecule has 2 rings (SSSR count). The average molecular weight is 360 g/mol. The van der Waals surface area contributed by atoms with E-state index >= 15 is 0 Å². The minimum absolute atomic E-state index is 0.00541. The highest BCUT2D eigenvalue weighted by Crippen LogP contribution is 2.27. The van der Waals surface area contributed by atoms with Crippen LogP contribution in [0.25, 0.3) is 12.2 Å². The van der Waals surface area contributed by atoms with Gasteiger partial charge >= 0.3 is 0 Å². The van der Waals surface area contributed by atoms with Crippen LogP contribution in [0.4, 0.5) is 43.9 Å². The lowest BCUT2D eigenvalue weighted by molar-refractivity contribution is 0.376. The largest absolute Gasteiger partial charge is 0.203 e. The summed E-state index contributed by atoms with van der Waals surface area (Å²) in [5.41, 5.74) is -3.23. The summed E-state index contributed by atoms with van der Waals surface area (Å²) in [5.74, 6) is -23.7. The Hall–Kier alpha value is -2.52. The Morgan fingerprint density at radius 3 is 0.667 bits per heavy atom. The summed E-state index contributed by atoms with van der Waals surface area (Å²) in [4.78, 5) is 0. The molecule has 24 heavy (non-hydrogen) atoms. The second-order valence-corrected chi connectivity index (χ2v) is 4.30. The minimum Gasteiger partial charge on any atom is -0.203 e. The lowest BCUT2D eigenvalue weighted by Crippen LogP contribution is -2.05. The zero-order valence-corrected chi connectivity index (χ0v) is 10.9. The van der Waals surface area contributed by atoms with Gasteiger partial charge in [0.1, 0.15) is 0 Å². The van der Waals surface area contributed by atoms with Crippen molar-refractivity contribution in [3.05, 3.63) is 69.3 Å². The van der Waals surface area contributed by atoms with Gasteiger partial charge in [-0.05, 0) is 12.2 Å². The van der Waals surface area contributed by atoms with E-state index in [1.165, 1.54) is 0 Å². The van der Waals surface area contributed by atoms with E-state index in [1.807, 2.05) is 0 Å². The first-order valence-corrected chi connectivity index (χ1v) is 5.80. The van der Waals surface area contributed by atoms with E-state index in [0.717, 1.165) is 0 Å². The van der Waals surface area contributed by atoms with E-state index in [4.69, 9.17) is 0 Å². The molecule has 0 heterocycles. The van der Waals surface area contributed by atoms with Crippen LogP contribution in [0.3, 0.4) is 0 Å². The number of hydrogen-bond donors (Lipinski definition) is 0. The molecule has 0 radical (unpaired) electrons. The molecule has 0 amide bonds. The van der Waals surface area contributed by atoms with Crippen LogP contribution >= 0.6 is 0 Å². The molecule has 0 fully saturated rings. The standard InChI is InChI=1S/C14H2F10/c15-5-3(6(16)10(20)13(23)9(5)19)1-2-4-7(17)11(21)14(24)12(22)8(4)18/h1-2H/b2-1+. The van der Waals surface area contributed by atoms with E-state index < -0.39 is 69.3 Å². The van der Waals surface area contributed by atoms with Crippen LogP contribution in [-0.2, 0) is 0 Å². The van der Waals surface area contributed by atoms with Gasteiger partial charge in [0.25, 0.3) is 0 Å². The van der Waals surface area contributed by atoms with Crippen LogP contribution in [-0.4, -0.2) is 0 Å². The highest BCUT2D eigenvalue weighted by Gasteiger charge is 2.26. The molecule has 0 aliphatic rings. The molecule has 0 aliphatic carbocycles. The third kappa shape index (κ3) is 2.61. The number of hydrogen-bond acceptors (Lipinski definition) is 0. The molecule has 2 aromatic rings. The number of benzene rings is 2. The average Bonchev–Trinajstić information content (AvgIpc) is 2.57. The van der Waals surface area contributed by atoms with Crippen molar-refractivity contribution in [1.29, 1.82) is 0 Å². The lowest BCUT2D eigenvalue weighted by atomic mass is 10.1. The van der Waals surface area contributed by atoms with Crippen molar-refractivity contribution in [3.8, 4) is 0 Å². The van der Waals surface area contributed by atoms with Gasteiger partial charge in [-0.2, -0.15) is 0 Å². The van der Waals surface area contributed by atoms with E-state index in [-0.39, 0.29) is 12.2 Å². The Kier molecular flexibility index (Phi) is 4.59. The van der Waals surface area contributed by atoms with E-state index in [2.05, 4.69) is 0 Å². The van der Waals surface area contributed by atoms with Crippen molar-refractivity contribution < 1.29 is 43.9 Å². The minimum atomic E-state index is -2.47. The van der Waals surface area contributed by atoms with Crippen molar-refractivity contribution >= 4 is 12.2 Å². The second-order valence-electron chi connectivity index (χ2n) is 4.30. The molecule has 0 atom stereocenters. The number of halogens is 10. The van der Waals surface area contributed by atoms with Crippen LogP contribution in [0.2, 0.25) is 0 Å². The monoisotopic (exact) mass is 360 g/mol. The van der Waals surface area contributed by atoms with Crippen LogP contribution in [0.15, 0.2) is 0 Å². The topological polar surface area (TPSA) is 0 Å². The molecular weight excluding hydrogens is 358 g/mol. The highest BCUT2D eigenvalue weighted by atomic mass is 19.2. The van der Waals surface area contributed by atoms with Crippen LogP contribution in [0.1, 0.15) is 11.1 Å². The van der Waals surface area contributed by atoms with Crippen molar-refractivity contribution in [2.45, 2.75) is 0 Å². The van der Waals surface area contributed by atoms with Gasteiger partial charge in [0.15, 0.2) is 46.5 Å². The molecule has 0 nitrogen and oxygen atoms in total. The summed E-state index contributed by atoms with van der Waals surface area (Å²) in [7, 11) is 0. The quantitative estimate of drug-likeness (QED) is 0.297. The van der Waals surface area contributed by atoms with Gasteiger partial charge in [0, 0.05) is 0 Å². The van der Waals surface area contributed by atoms with Crippen LogP contribution in [0.5, 0.6) is 0 Å². The molecule has 0 aromatic heterocycles. The van der Waals surface area contributed by atoms with E-state index in [1.54, 1.807) is 0 Å². The Balaban J connectivity index is 2.67. The molecule has 0 saturated heterocycles. The maximum absolute atomic E-state index is 13.4. The fraction of sp³-hybridized carbons (Fsp3) is 0. The van der Waals surface area contributed by atoms with Crippen molar-refractivity contribution in [3.63, 3.8) is 0 Å². The molecule has 0 unspecified atom stereocenters. The van der Waals surface area contributed by atoms with Crippen molar-refractivity contribution in [1.82, 2.24) is 0 Å². The molecule has 128 valence electrons. The summed E-state index contributed by atoms with van der Waals surface area (Å²) in [6.45, 7) is 0. The first-order valence-electron chi connectivity index (χ1n) is 5.80. The first-order chi connectivity index (χ1) is 11.1. The second kappa shape index (κ2) is 6.17. The van der Waals surface area contributed by atoms with E-state index in [9.17, 15) is 43.9 Å². The number of rotatable bonds is 2. The maximum Gasteiger partial charge on any atom is 0.200 e. The fourth-order valence-corrected chi connectivity index (χ4v) is 1.70. The Morgan fingerprint density at radius 1 is 0.292 bits per heavy atom. The molecule has 0 bridgehead atoms.